The summed E-state index contributed by atoms with van der Waals surface area (Å²) in [6.45, 7) is -0.121. The van der Waals surface area contributed by atoms with Gasteiger partial charge in [-0.1, -0.05) is 17.7 Å². The summed E-state index contributed by atoms with van der Waals surface area (Å²) in [4.78, 5) is 4.38. The van der Waals surface area contributed by atoms with Gasteiger partial charge in [-0.2, -0.15) is 4.57 Å². The maximum Gasteiger partial charge on any atom is 0.231 e. The van der Waals surface area contributed by atoms with Crippen molar-refractivity contribution in [3.8, 4) is 22.6 Å². The minimum atomic E-state index is -2.12. The Morgan fingerprint density at radius 3 is 2.79 bits per heavy atom. The number of benzene rings is 1. The zero-order valence-electron chi connectivity index (χ0n) is 17.0. The number of fused-ring (bicyclic) bond motifs is 1. The Morgan fingerprint density at radius 2 is 2.00 bits per heavy atom. The number of aryl methyl sites for hydroxylation is 3. The lowest BCUT2D eigenvalue weighted by atomic mass is 10.0. The van der Waals surface area contributed by atoms with E-state index in [1.807, 2.05) is 60.6 Å². The second-order valence-electron chi connectivity index (χ2n) is 6.09. The maximum atomic E-state index is 7.72. The van der Waals surface area contributed by atoms with E-state index in [1.165, 1.54) is 0 Å². The highest BCUT2D eigenvalue weighted by Crippen LogP contribution is 2.25. The predicted molar refractivity (Wildman–Crippen MR) is 95.7 cm³/mol. The van der Waals surface area contributed by atoms with Crippen molar-refractivity contribution < 1.29 is 8.68 Å². The molecule has 4 nitrogen and oxygen atoms in total. The highest BCUT2D eigenvalue weighted by atomic mass is 15.2. The van der Waals surface area contributed by atoms with Gasteiger partial charge in [0.1, 0.15) is 12.7 Å². The lowest BCUT2D eigenvalue weighted by Gasteiger charge is -2.09. The van der Waals surface area contributed by atoms with Crippen molar-refractivity contribution in [3.05, 3.63) is 66.1 Å². The fourth-order valence-electron chi connectivity index (χ4n) is 3.24. The van der Waals surface area contributed by atoms with Crippen molar-refractivity contribution in [2.45, 2.75) is 13.8 Å². The standard InChI is InChI=1S/C20H21N4/c1-14-8-9-15(2)16(12-14)17-6-5-7-18(22(17)3)19-13-24-11-10-21-20(24)23(19)4/h5-13H,1-4H3/q+1/i1D3. The fraction of sp³-hybridized carbons (Fsp3) is 0.200. The molecule has 120 valence electrons. The lowest BCUT2D eigenvalue weighted by Crippen LogP contribution is -2.34. The van der Waals surface area contributed by atoms with Crippen LogP contribution in [-0.2, 0) is 14.1 Å². The third kappa shape index (κ3) is 2.14. The second kappa shape index (κ2) is 5.34. The molecule has 0 amide bonds. The third-order valence-corrected chi connectivity index (χ3v) is 4.58. The first-order valence-electron chi connectivity index (χ1n) is 9.36. The second-order valence-corrected chi connectivity index (χ2v) is 6.09. The van der Waals surface area contributed by atoms with Gasteiger partial charge in [0.15, 0.2) is 0 Å². The van der Waals surface area contributed by atoms with Crippen molar-refractivity contribution in [1.82, 2.24) is 14.0 Å². The molecule has 0 N–H and O–H groups in total. The van der Waals surface area contributed by atoms with Crippen LogP contribution in [0, 0.1) is 13.8 Å². The first kappa shape index (κ1) is 11.6. The van der Waals surface area contributed by atoms with Gasteiger partial charge in [0.2, 0.25) is 17.2 Å². The molecule has 4 rings (SSSR count). The number of hydrogen-bond acceptors (Lipinski definition) is 1. The van der Waals surface area contributed by atoms with Crippen LogP contribution in [0.5, 0.6) is 0 Å². The molecule has 0 radical (unpaired) electrons. The van der Waals surface area contributed by atoms with Crippen molar-refractivity contribution in [2.24, 2.45) is 14.1 Å². The summed E-state index contributed by atoms with van der Waals surface area (Å²) in [5.74, 6) is 0.871. The molecule has 0 aliphatic heterocycles. The monoisotopic (exact) mass is 320 g/mol. The molecule has 0 unspecified atom stereocenters. The van der Waals surface area contributed by atoms with E-state index in [1.54, 1.807) is 18.3 Å². The summed E-state index contributed by atoms with van der Waals surface area (Å²) >= 11 is 0. The molecular weight excluding hydrogens is 296 g/mol. The summed E-state index contributed by atoms with van der Waals surface area (Å²) in [6, 6.07) is 11.4. The lowest BCUT2D eigenvalue weighted by molar-refractivity contribution is -0.649. The van der Waals surface area contributed by atoms with Gasteiger partial charge in [0, 0.05) is 47.4 Å². The molecule has 0 spiro atoms. The highest BCUT2D eigenvalue weighted by Gasteiger charge is 2.21. The number of hydrogen-bond donors (Lipinski definition) is 0. The van der Waals surface area contributed by atoms with Crippen molar-refractivity contribution in [3.63, 3.8) is 0 Å². The smallest absolute Gasteiger partial charge is 0.231 e. The molecule has 3 aromatic heterocycles. The molecule has 4 aromatic rings. The average Bonchev–Trinajstić information content (AvgIpc) is 3.18. The van der Waals surface area contributed by atoms with Gasteiger partial charge in [-0.15, -0.1) is 0 Å². The topological polar surface area (TPSA) is 26.1 Å². The van der Waals surface area contributed by atoms with Crippen LogP contribution in [0.3, 0.4) is 0 Å². The van der Waals surface area contributed by atoms with E-state index in [2.05, 4.69) is 15.6 Å². The Labute approximate surface area is 145 Å². The van der Waals surface area contributed by atoms with Crippen molar-refractivity contribution in [1.29, 1.82) is 0 Å². The molecule has 3 heterocycles. The van der Waals surface area contributed by atoms with Crippen LogP contribution < -0.4 is 4.57 Å². The molecule has 4 heteroatoms. The Hall–Kier alpha value is -2.88. The quantitative estimate of drug-likeness (QED) is 0.520. The van der Waals surface area contributed by atoms with Gasteiger partial charge in [-0.3, -0.25) is 4.40 Å². The van der Waals surface area contributed by atoms with Gasteiger partial charge in [-0.25, -0.2) is 4.98 Å². The maximum absolute atomic E-state index is 7.72. The van der Waals surface area contributed by atoms with E-state index in [0.29, 0.717) is 5.56 Å². The van der Waals surface area contributed by atoms with Crippen molar-refractivity contribution >= 4 is 5.78 Å². The van der Waals surface area contributed by atoms with E-state index in [0.717, 1.165) is 34.0 Å². The molecule has 24 heavy (non-hydrogen) atoms. The van der Waals surface area contributed by atoms with Crippen molar-refractivity contribution in [2.75, 3.05) is 0 Å². The Balaban J connectivity index is 1.91. The predicted octanol–water partition coefficient (Wildman–Crippen LogP) is 3.45. The average molecular weight is 320 g/mol. The van der Waals surface area contributed by atoms with Crippen LogP contribution in [-0.4, -0.2) is 14.0 Å². The van der Waals surface area contributed by atoms with Gasteiger partial charge >= 0.3 is 0 Å². The van der Waals surface area contributed by atoms with Crippen LogP contribution >= 0.6 is 0 Å². The summed E-state index contributed by atoms with van der Waals surface area (Å²) in [6.07, 6.45) is 5.75. The first-order valence-corrected chi connectivity index (χ1v) is 7.86. The molecule has 0 bridgehead atoms. The van der Waals surface area contributed by atoms with Gasteiger partial charge < -0.3 is 4.57 Å². The van der Waals surface area contributed by atoms with E-state index in [-0.39, 0.29) is 0 Å². The Morgan fingerprint density at radius 1 is 1.17 bits per heavy atom. The third-order valence-electron chi connectivity index (χ3n) is 4.58. The Bertz CT molecular complexity index is 1150. The van der Waals surface area contributed by atoms with Gasteiger partial charge in [-0.05, 0) is 31.5 Å². The van der Waals surface area contributed by atoms with Crippen LogP contribution in [0.15, 0.2) is 55.0 Å². The zero-order valence-corrected chi connectivity index (χ0v) is 14.0. The minimum Gasteiger partial charge on any atom is -0.308 e. The summed E-state index contributed by atoms with van der Waals surface area (Å²) in [7, 11) is 3.99. The fourth-order valence-corrected chi connectivity index (χ4v) is 3.24. The molecule has 0 aliphatic carbocycles. The molecular formula is C20H21N4+. The summed E-state index contributed by atoms with van der Waals surface area (Å²) < 4.78 is 29.3. The van der Waals surface area contributed by atoms with E-state index in [4.69, 9.17) is 4.11 Å². The van der Waals surface area contributed by atoms with Crippen LogP contribution in [0.1, 0.15) is 15.2 Å². The molecule has 0 atom stereocenters. The number of pyridine rings is 1. The Kier molecular flexibility index (Phi) is 2.59. The normalized spacial score (nSPS) is 13.7. The van der Waals surface area contributed by atoms with Gasteiger partial charge in [0.05, 0.1) is 0 Å². The molecule has 0 saturated heterocycles. The van der Waals surface area contributed by atoms with Gasteiger partial charge in [0.25, 0.3) is 0 Å². The van der Waals surface area contributed by atoms with Crippen LogP contribution in [0.25, 0.3) is 28.4 Å². The van der Waals surface area contributed by atoms with Crippen LogP contribution in [0.4, 0.5) is 0 Å². The SMILES string of the molecule is [2H]C([2H])([2H])c1ccc(C)c(-c2cccc(-c3cn4ccnc4n3C)[n+]2C)c1. The zero-order chi connectivity index (χ0) is 19.3. The summed E-state index contributed by atoms with van der Waals surface area (Å²) in [5.41, 5.74) is 5.34. The van der Waals surface area contributed by atoms with Crippen LogP contribution in [0.2, 0.25) is 0 Å². The number of rotatable bonds is 2. The van der Waals surface area contributed by atoms with E-state index >= 15 is 0 Å². The molecule has 0 fully saturated rings. The first-order chi connectivity index (χ1) is 12.8. The molecule has 1 aromatic carbocycles. The summed E-state index contributed by atoms with van der Waals surface area (Å²) in [5, 5.41) is 0. The number of nitrogens with zero attached hydrogens (tertiary/aromatic N) is 4. The number of aromatic nitrogens is 4. The minimum absolute atomic E-state index is 0.353. The molecule has 0 aliphatic rings. The highest BCUT2D eigenvalue weighted by molar-refractivity contribution is 5.64. The number of imidazole rings is 2. The van der Waals surface area contributed by atoms with E-state index in [9.17, 15) is 0 Å². The largest absolute Gasteiger partial charge is 0.308 e. The van der Waals surface area contributed by atoms with E-state index < -0.39 is 6.85 Å². The molecule has 0 saturated carbocycles.